The van der Waals surface area contributed by atoms with Crippen molar-refractivity contribution in [1.82, 2.24) is 15.0 Å². The molecule has 1 aliphatic carbocycles. The molecule has 1 aliphatic rings. The molecule has 4 rings (SSSR count). The topological polar surface area (TPSA) is 73.8 Å². The molecule has 0 radical (unpaired) electrons. The maximum absolute atomic E-state index is 13.5. The third-order valence-corrected chi connectivity index (χ3v) is 4.54. The summed E-state index contributed by atoms with van der Waals surface area (Å²) < 4.78 is 13.5. The molecule has 0 aliphatic heterocycles. The van der Waals surface area contributed by atoms with Gasteiger partial charge < -0.3 is 15.4 Å². The lowest BCUT2D eigenvalue weighted by molar-refractivity contribution is 0.126. The molecule has 6 heteroatoms. The molecule has 5 nitrogen and oxygen atoms in total. The van der Waals surface area contributed by atoms with Gasteiger partial charge in [0.15, 0.2) is 5.82 Å². The molecule has 2 aromatic heterocycles. The molecule has 0 saturated heterocycles. The van der Waals surface area contributed by atoms with E-state index in [2.05, 4.69) is 20.3 Å². The van der Waals surface area contributed by atoms with Crippen LogP contribution >= 0.6 is 0 Å². The largest absolute Gasteiger partial charge is 0.393 e. The molecular formula is C18H19FN4O. The van der Waals surface area contributed by atoms with Gasteiger partial charge in [0.1, 0.15) is 17.3 Å². The molecule has 0 spiro atoms. The van der Waals surface area contributed by atoms with Crippen molar-refractivity contribution in [3.63, 3.8) is 0 Å². The first-order valence-electron chi connectivity index (χ1n) is 8.25. The summed E-state index contributed by atoms with van der Waals surface area (Å²) in [6, 6.07) is 8.51. The van der Waals surface area contributed by atoms with Gasteiger partial charge in [-0.1, -0.05) is 12.1 Å². The van der Waals surface area contributed by atoms with Crippen LogP contribution in [0.4, 0.5) is 10.2 Å². The first kappa shape index (κ1) is 15.1. The second-order valence-electron chi connectivity index (χ2n) is 6.30. The summed E-state index contributed by atoms with van der Waals surface area (Å²) in [4.78, 5) is 12.2. The van der Waals surface area contributed by atoms with Crippen LogP contribution in [0.2, 0.25) is 0 Å². The van der Waals surface area contributed by atoms with Crippen LogP contribution in [0.1, 0.15) is 25.7 Å². The Balaban J connectivity index is 1.70. The number of nitrogens with one attached hydrogen (secondary N) is 2. The Morgan fingerprint density at radius 2 is 1.96 bits per heavy atom. The third kappa shape index (κ3) is 2.97. The number of anilines is 1. The summed E-state index contributed by atoms with van der Waals surface area (Å²) in [5.74, 6) is 0.933. The third-order valence-electron chi connectivity index (χ3n) is 4.54. The average Bonchev–Trinajstić information content (AvgIpc) is 3.06. The van der Waals surface area contributed by atoms with E-state index in [1.54, 1.807) is 12.1 Å². The SMILES string of the molecule is O[C@H]1CC[C@H](Nc2nc(-c3cccc(F)c3)nc3[nH]ccc23)CC1. The number of hydrogen-bond donors (Lipinski definition) is 3. The van der Waals surface area contributed by atoms with Gasteiger partial charge in [-0.2, -0.15) is 0 Å². The summed E-state index contributed by atoms with van der Waals surface area (Å²) in [6.07, 6.45) is 5.05. The lowest BCUT2D eigenvalue weighted by Gasteiger charge is -2.26. The van der Waals surface area contributed by atoms with Gasteiger partial charge in [-0.15, -0.1) is 0 Å². The van der Waals surface area contributed by atoms with Crippen LogP contribution in [-0.2, 0) is 0 Å². The van der Waals surface area contributed by atoms with E-state index < -0.39 is 0 Å². The lowest BCUT2D eigenvalue weighted by atomic mass is 9.93. The van der Waals surface area contributed by atoms with Crippen molar-refractivity contribution in [2.45, 2.75) is 37.8 Å². The fraction of sp³-hybridized carbons (Fsp3) is 0.333. The summed E-state index contributed by atoms with van der Waals surface area (Å²) in [7, 11) is 0. The molecule has 0 amide bonds. The normalized spacial score (nSPS) is 21.1. The zero-order valence-electron chi connectivity index (χ0n) is 13.2. The maximum atomic E-state index is 13.5. The van der Waals surface area contributed by atoms with Crippen LogP contribution in [0, 0.1) is 5.82 Å². The van der Waals surface area contributed by atoms with Gasteiger partial charge >= 0.3 is 0 Å². The van der Waals surface area contributed by atoms with Crippen LogP contribution in [0.15, 0.2) is 36.5 Å². The van der Waals surface area contributed by atoms with E-state index in [1.807, 2.05) is 12.3 Å². The second-order valence-corrected chi connectivity index (χ2v) is 6.30. The van der Waals surface area contributed by atoms with Crippen molar-refractivity contribution in [2.24, 2.45) is 0 Å². The highest BCUT2D eigenvalue weighted by Gasteiger charge is 2.21. The Kier molecular flexibility index (Phi) is 3.90. The minimum atomic E-state index is -0.307. The number of aromatic nitrogens is 3. The Labute approximate surface area is 139 Å². The highest BCUT2D eigenvalue weighted by molar-refractivity contribution is 5.88. The van der Waals surface area contributed by atoms with Crippen molar-refractivity contribution in [3.8, 4) is 11.4 Å². The average molecular weight is 326 g/mol. The number of rotatable bonds is 3. The molecule has 3 N–H and O–H groups in total. The van der Waals surface area contributed by atoms with Gasteiger partial charge in [0.05, 0.1) is 11.5 Å². The van der Waals surface area contributed by atoms with Crippen molar-refractivity contribution in [2.75, 3.05) is 5.32 Å². The quantitative estimate of drug-likeness (QED) is 0.689. The van der Waals surface area contributed by atoms with Crippen molar-refractivity contribution < 1.29 is 9.50 Å². The first-order chi connectivity index (χ1) is 11.7. The van der Waals surface area contributed by atoms with Gasteiger partial charge in [-0.3, -0.25) is 0 Å². The number of halogens is 1. The van der Waals surface area contributed by atoms with E-state index in [9.17, 15) is 9.50 Å². The Hall–Kier alpha value is -2.47. The molecule has 1 fully saturated rings. The summed E-state index contributed by atoms with van der Waals surface area (Å²) in [5, 5.41) is 14.1. The fourth-order valence-corrected chi connectivity index (χ4v) is 3.22. The molecule has 3 aromatic rings. The zero-order valence-corrected chi connectivity index (χ0v) is 13.2. The van der Waals surface area contributed by atoms with Gasteiger partial charge in [0.25, 0.3) is 0 Å². The van der Waals surface area contributed by atoms with E-state index in [4.69, 9.17) is 0 Å². The number of H-pyrrole nitrogens is 1. The highest BCUT2D eigenvalue weighted by Crippen LogP contribution is 2.28. The van der Waals surface area contributed by atoms with E-state index in [1.165, 1.54) is 12.1 Å². The van der Waals surface area contributed by atoms with Crippen molar-refractivity contribution in [1.29, 1.82) is 0 Å². The van der Waals surface area contributed by atoms with Gasteiger partial charge in [0.2, 0.25) is 0 Å². The lowest BCUT2D eigenvalue weighted by Crippen LogP contribution is -2.28. The number of hydrogen-bond acceptors (Lipinski definition) is 4. The molecule has 1 aromatic carbocycles. The molecule has 1 saturated carbocycles. The fourth-order valence-electron chi connectivity index (χ4n) is 3.22. The van der Waals surface area contributed by atoms with Crippen molar-refractivity contribution >= 4 is 16.9 Å². The van der Waals surface area contributed by atoms with Gasteiger partial charge in [-0.05, 0) is 43.9 Å². The van der Waals surface area contributed by atoms with Crippen molar-refractivity contribution in [3.05, 3.63) is 42.3 Å². The number of aliphatic hydroxyl groups excluding tert-OH is 1. The minimum Gasteiger partial charge on any atom is -0.393 e. The van der Waals surface area contributed by atoms with Crippen LogP contribution < -0.4 is 5.32 Å². The van der Waals surface area contributed by atoms with E-state index in [0.29, 0.717) is 11.4 Å². The molecule has 124 valence electrons. The molecule has 0 atom stereocenters. The predicted octanol–water partition coefficient (Wildman–Crippen LogP) is 3.48. The molecule has 2 heterocycles. The van der Waals surface area contributed by atoms with Crippen LogP contribution in [-0.4, -0.2) is 32.2 Å². The predicted molar refractivity (Wildman–Crippen MR) is 91.2 cm³/mol. The van der Waals surface area contributed by atoms with E-state index in [-0.39, 0.29) is 18.0 Å². The van der Waals surface area contributed by atoms with E-state index >= 15 is 0 Å². The molecule has 0 bridgehead atoms. The monoisotopic (exact) mass is 326 g/mol. The first-order valence-corrected chi connectivity index (χ1v) is 8.25. The number of nitrogens with zero attached hydrogens (tertiary/aromatic N) is 2. The number of fused-ring (bicyclic) bond motifs is 1. The summed E-state index contributed by atoms with van der Waals surface area (Å²) >= 11 is 0. The summed E-state index contributed by atoms with van der Waals surface area (Å²) in [6.45, 7) is 0. The smallest absolute Gasteiger partial charge is 0.164 e. The Bertz CT molecular complexity index is 855. The Morgan fingerprint density at radius 1 is 1.12 bits per heavy atom. The van der Waals surface area contributed by atoms with Crippen LogP contribution in [0.5, 0.6) is 0 Å². The summed E-state index contributed by atoms with van der Waals surface area (Å²) in [5.41, 5.74) is 1.37. The minimum absolute atomic E-state index is 0.191. The number of benzene rings is 1. The zero-order chi connectivity index (χ0) is 16.5. The highest BCUT2D eigenvalue weighted by atomic mass is 19.1. The maximum Gasteiger partial charge on any atom is 0.164 e. The number of aliphatic hydroxyl groups is 1. The van der Waals surface area contributed by atoms with E-state index in [0.717, 1.165) is 42.5 Å². The number of aromatic amines is 1. The molecule has 24 heavy (non-hydrogen) atoms. The van der Waals surface area contributed by atoms with Gasteiger partial charge in [0, 0.05) is 17.8 Å². The second kappa shape index (κ2) is 6.20. The van der Waals surface area contributed by atoms with Crippen LogP contribution in [0.3, 0.4) is 0 Å². The standard InChI is InChI=1S/C18H19FN4O/c19-12-3-1-2-11(10-12)16-22-17-15(8-9-20-17)18(23-16)21-13-4-6-14(24)7-5-13/h1-3,8-10,13-14,24H,4-7H2,(H2,20,21,22,23)/t13-,14-. The van der Waals surface area contributed by atoms with Gasteiger partial charge in [-0.25, -0.2) is 14.4 Å². The van der Waals surface area contributed by atoms with Crippen LogP contribution in [0.25, 0.3) is 22.4 Å². The molecule has 0 unspecified atom stereocenters. The Morgan fingerprint density at radius 3 is 2.75 bits per heavy atom. The molecular weight excluding hydrogens is 307 g/mol.